The zero-order valence-electron chi connectivity index (χ0n) is 9.39. The smallest absolute Gasteiger partial charge is 0.135 e. The van der Waals surface area contributed by atoms with Gasteiger partial charge in [-0.3, -0.25) is 0 Å². The quantitative estimate of drug-likeness (QED) is 0.705. The average molecular weight is 226 g/mol. The lowest BCUT2D eigenvalue weighted by molar-refractivity contribution is 0.668. The molecule has 1 aromatic heterocycles. The lowest BCUT2D eigenvalue weighted by Gasteiger charge is -2.08. The topological polar surface area (TPSA) is 65.2 Å². The van der Waals surface area contributed by atoms with Gasteiger partial charge < -0.3 is 15.9 Å². The van der Waals surface area contributed by atoms with Crippen molar-refractivity contribution in [3.63, 3.8) is 0 Å². The van der Waals surface area contributed by atoms with Crippen LogP contribution in [0, 0.1) is 0 Å². The molecule has 0 saturated heterocycles. The highest BCUT2D eigenvalue weighted by atomic mass is 16.3. The highest BCUT2D eigenvalue weighted by Crippen LogP contribution is 2.29. The van der Waals surface area contributed by atoms with Gasteiger partial charge in [-0.2, -0.15) is 0 Å². The fourth-order valence-electron chi connectivity index (χ4n) is 2.11. The summed E-state index contributed by atoms with van der Waals surface area (Å²) in [7, 11) is 0. The molecule has 0 amide bonds. The van der Waals surface area contributed by atoms with Gasteiger partial charge in [0.25, 0.3) is 0 Å². The molecule has 0 spiro atoms. The minimum absolute atomic E-state index is 0.118. The standard InChI is InChI=1S/C14H14N2O/c15-8-12(16)9-5-6-14-11(7-9)10-3-1-2-4-13(10)17-14/h1-7,12H,8,15-16H2/t12-/m1/s1. The first kappa shape index (κ1) is 10.3. The number of para-hydroxylation sites is 1. The summed E-state index contributed by atoms with van der Waals surface area (Å²) in [5, 5.41) is 2.22. The zero-order chi connectivity index (χ0) is 11.8. The normalized spacial score (nSPS) is 13.3. The highest BCUT2D eigenvalue weighted by molar-refractivity contribution is 6.04. The Morgan fingerprint density at radius 1 is 1.00 bits per heavy atom. The molecule has 3 nitrogen and oxygen atoms in total. The summed E-state index contributed by atoms with van der Waals surface area (Å²) in [6.45, 7) is 0.446. The Balaban J connectivity index is 2.30. The van der Waals surface area contributed by atoms with E-state index in [1.807, 2.05) is 30.3 Å². The summed E-state index contributed by atoms with van der Waals surface area (Å²) in [6.07, 6.45) is 0. The van der Waals surface area contributed by atoms with Gasteiger partial charge in [-0.1, -0.05) is 24.3 Å². The van der Waals surface area contributed by atoms with Crippen molar-refractivity contribution in [2.24, 2.45) is 11.5 Å². The second-order valence-electron chi connectivity index (χ2n) is 4.20. The molecule has 4 N–H and O–H groups in total. The van der Waals surface area contributed by atoms with Crippen LogP contribution >= 0.6 is 0 Å². The van der Waals surface area contributed by atoms with E-state index in [9.17, 15) is 0 Å². The van der Waals surface area contributed by atoms with E-state index in [2.05, 4.69) is 12.1 Å². The molecule has 3 aromatic rings. The van der Waals surface area contributed by atoms with Gasteiger partial charge in [0.15, 0.2) is 0 Å². The SMILES string of the molecule is NC[C@@H](N)c1ccc2oc3ccccc3c2c1. The molecule has 0 fully saturated rings. The zero-order valence-corrected chi connectivity index (χ0v) is 9.39. The number of hydrogen-bond acceptors (Lipinski definition) is 3. The molecule has 17 heavy (non-hydrogen) atoms. The minimum Gasteiger partial charge on any atom is -0.456 e. The summed E-state index contributed by atoms with van der Waals surface area (Å²) in [5.41, 5.74) is 14.4. The van der Waals surface area contributed by atoms with Crippen LogP contribution in [0.3, 0.4) is 0 Å². The van der Waals surface area contributed by atoms with Crippen molar-refractivity contribution < 1.29 is 4.42 Å². The van der Waals surface area contributed by atoms with Crippen LogP contribution in [0.2, 0.25) is 0 Å². The molecule has 2 aromatic carbocycles. The van der Waals surface area contributed by atoms with Crippen LogP contribution in [0.15, 0.2) is 46.9 Å². The second-order valence-corrected chi connectivity index (χ2v) is 4.20. The van der Waals surface area contributed by atoms with E-state index in [4.69, 9.17) is 15.9 Å². The fourth-order valence-corrected chi connectivity index (χ4v) is 2.11. The van der Waals surface area contributed by atoms with Crippen LogP contribution in [0.1, 0.15) is 11.6 Å². The third kappa shape index (κ3) is 1.60. The molecule has 3 heteroatoms. The van der Waals surface area contributed by atoms with E-state index in [0.717, 1.165) is 27.5 Å². The number of nitrogens with two attached hydrogens (primary N) is 2. The van der Waals surface area contributed by atoms with Gasteiger partial charge in [0.2, 0.25) is 0 Å². The molecule has 0 radical (unpaired) electrons. The largest absolute Gasteiger partial charge is 0.456 e. The van der Waals surface area contributed by atoms with Crippen molar-refractivity contribution in [2.45, 2.75) is 6.04 Å². The minimum atomic E-state index is -0.118. The number of hydrogen-bond donors (Lipinski definition) is 2. The van der Waals surface area contributed by atoms with Gasteiger partial charge in [-0.15, -0.1) is 0 Å². The van der Waals surface area contributed by atoms with E-state index in [-0.39, 0.29) is 6.04 Å². The molecule has 0 aliphatic carbocycles. The Morgan fingerprint density at radius 2 is 1.76 bits per heavy atom. The molecular formula is C14H14N2O. The predicted molar refractivity (Wildman–Crippen MR) is 69.7 cm³/mol. The fraction of sp³-hybridized carbons (Fsp3) is 0.143. The lowest BCUT2D eigenvalue weighted by atomic mass is 10.0. The molecule has 1 atom stereocenters. The van der Waals surface area contributed by atoms with Gasteiger partial charge in [0.1, 0.15) is 11.2 Å². The highest BCUT2D eigenvalue weighted by Gasteiger charge is 2.09. The summed E-state index contributed by atoms with van der Waals surface area (Å²) in [6, 6.07) is 13.9. The summed E-state index contributed by atoms with van der Waals surface area (Å²) < 4.78 is 5.75. The molecule has 0 aliphatic rings. The summed E-state index contributed by atoms with van der Waals surface area (Å²) in [4.78, 5) is 0. The van der Waals surface area contributed by atoms with Crippen LogP contribution in [-0.4, -0.2) is 6.54 Å². The number of benzene rings is 2. The Kier molecular flexibility index (Phi) is 2.35. The molecule has 0 unspecified atom stereocenters. The third-order valence-electron chi connectivity index (χ3n) is 3.08. The van der Waals surface area contributed by atoms with Crippen molar-refractivity contribution in [1.82, 2.24) is 0 Å². The van der Waals surface area contributed by atoms with Crippen molar-refractivity contribution in [3.05, 3.63) is 48.0 Å². The molecule has 1 heterocycles. The maximum absolute atomic E-state index is 5.94. The maximum Gasteiger partial charge on any atom is 0.135 e. The summed E-state index contributed by atoms with van der Waals surface area (Å²) in [5.74, 6) is 0. The number of rotatable bonds is 2. The Labute approximate surface area is 99.0 Å². The second kappa shape index (κ2) is 3.87. The Bertz CT molecular complexity index is 672. The lowest BCUT2D eigenvalue weighted by Crippen LogP contribution is -2.20. The van der Waals surface area contributed by atoms with Gasteiger partial charge in [0, 0.05) is 23.4 Å². The average Bonchev–Trinajstić information content (AvgIpc) is 2.75. The summed E-state index contributed by atoms with van der Waals surface area (Å²) >= 11 is 0. The van der Waals surface area contributed by atoms with Gasteiger partial charge in [0.05, 0.1) is 0 Å². The van der Waals surface area contributed by atoms with Gasteiger partial charge in [-0.05, 0) is 23.8 Å². The van der Waals surface area contributed by atoms with Gasteiger partial charge >= 0.3 is 0 Å². The van der Waals surface area contributed by atoms with Crippen molar-refractivity contribution >= 4 is 21.9 Å². The molecule has 0 bridgehead atoms. The van der Waals surface area contributed by atoms with E-state index >= 15 is 0 Å². The Morgan fingerprint density at radius 3 is 2.59 bits per heavy atom. The first-order valence-electron chi connectivity index (χ1n) is 5.66. The van der Waals surface area contributed by atoms with E-state index < -0.39 is 0 Å². The first-order chi connectivity index (χ1) is 8.29. The van der Waals surface area contributed by atoms with Gasteiger partial charge in [-0.25, -0.2) is 0 Å². The molecule has 0 aliphatic heterocycles. The van der Waals surface area contributed by atoms with Crippen LogP contribution in [-0.2, 0) is 0 Å². The molecular weight excluding hydrogens is 212 g/mol. The van der Waals surface area contributed by atoms with E-state index in [0.29, 0.717) is 6.54 Å². The maximum atomic E-state index is 5.94. The first-order valence-corrected chi connectivity index (χ1v) is 5.66. The van der Waals surface area contributed by atoms with Crippen LogP contribution < -0.4 is 11.5 Å². The Hall–Kier alpha value is -1.84. The predicted octanol–water partition coefficient (Wildman–Crippen LogP) is 2.54. The van der Waals surface area contributed by atoms with Crippen molar-refractivity contribution in [1.29, 1.82) is 0 Å². The molecule has 3 rings (SSSR count). The number of fused-ring (bicyclic) bond motifs is 3. The number of furan rings is 1. The van der Waals surface area contributed by atoms with Crippen molar-refractivity contribution in [3.8, 4) is 0 Å². The van der Waals surface area contributed by atoms with Crippen molar-refractivity contribution in [2.75, 3.05) is 6.54 Å². The molecule has 0 saturated carbocycles. The van der Waals surface area contributed by atoms with E-state index in [1.54, 1.807) is 0 Å². The van der Waals surface area contributed by atoms with Crippen LogP contribution in [0.5, 0.6) is 0 Å². The van der Waals surface area contributed by atoms with E-state index in [1.165, 1.54) is 0 Å². The van der Waals surface area contributed by atoms with Crippen LogP contribution in [0.25, 0.3) is 21.9 Å². The third-order valence-corrected chi connectivity index (χ3v) is 3.08. The molecule has 86 valence electrons. The van der Waals surface area contributed by atoms with Crippen LogP contribution in [0.4, 0.5) is 0 Å². The monoisotopic (exact) mass is 226 g/mol.